The van der Waals surface area contributed by atoms with E-state index in [2.05, 4.69) is 10.6 Å². The first kappa shape index (κ1) is 14.8. The van der Waals surface area contributed by atoms with E-state index in [1.54, 1.807) is 0 Å². The summed E-state index contributed by atoms with van der Waals surface area (Å²) in [6.07, 6.45) is 2.57. The Morgan fingerprint density at radius 3 is 1.68 bits per heavy atom. The molecule has 22 heavy (non-hydrogen) atoms. The van der Waals surface area contributed by atoms with Crippen molar-refractivity contribution in [3.05, 3.63) is 0 Å². The van der Waals surface area contributed by atoms with Crippen LogP contribution in [0, 0.1) is 11.8 Å². The largest absolute Gasteiger partial charge is 0.336 e. The van der Waals surface area contributed by atoms with Crippen molar-refractivity contribution in [2.45, 2.75) is 25.7 Å². The summed E-state index contributed by atoms with van der Waals surface area (Å²) in [5, 5.41) is 5.22. The van der Waals surface area contributed by atoms with Crippen molar-refractivity contribution < 1.29 is 19.2 Å². The molecule has 1 saturated carbocycles. The Hall–Kier alpha value is -2.12. The summed E-state index contributed by atoms with van der Waals surface area (Å²) in [5.41, 5.74) is 0. The first-order chi connectivity index (χ1) is 10.6. The molecule has 2 saturated heterocycles. The van der Waals surface area contributed by atoms with Crippen molar-refractivity contribution in [2.75, 3.05) is 26.2 Å². The molecule has 0 bridgehead atoms. The van der Waals surface area contributed by atoms with Crippen LogP contribution in [0.25, 0.3) is 0 Å². The van der Waals surface area contributed by atoms with Crippen LogP contribution < -0.4 is 10.6 Å². The van der Waals surface area contributed by atoms with E-state index < -0.39 is 0 Å². The number of carbonyl (C=O) groups is 4. The first-order valence-corrected chi connectivity index (χ1v) is 7.76. The second kappa shape index (κ2) is 5.94. The minimum atomic E-state index is -0.350. The molecule has 3 fully saturated rings. The molecule has 2 unspecified atom stereocenters. The van der Waals surface area contributed by atoms with Crippen molar-refractivity contribution >= 4 is 23.9 Å². The maximum absolute atomic E-state index is 12.4. The monoisotopic (exact) mass is 308 g/mol. The summed E-state index contributed by atoms with van der Waals surface area (Å²) in [7, 11) is 0. The summed E-state index contributed by atoms with van der Waals surface area (Å²) in [6, 6.07) is -0.699. The Kier molecular flexibility index (Phi) is 4.00. The minimum absolute atomic E-state index is 0.196. The SMILES string of the molecule is O=C1NCCN1C(=O)C1CCCC(C(=O)N2CCNC2=O)C1. The highest BCUT2D eigenvalue weighted by Gasteiger charge is 2.39. The van der Waals surface area contributed by atoms with Gasteiger partial charge in [-0.25, -0.2) is 9.59 Å². The van der Waals surface area contributed by atoms with Gasteiger partial charge in [0.15, 0.2) is 0 Å². The van der Waals surface area contributed by atoms with Crippen LogP contribution in [0.1, 0.15) is 25.7 Å². The van der Waals surface area contributed by atoms with Crippen molar-refractivity contribution in [3.63, 3.8) is 0 Å². The highest BCUT2D eigenvalue weighted by Crippen LogP contribution is 2.32. The molecule has 2 N–H and O–H groups in total. The maximum atomic E-state index is 12.4. The average Bonchev–Trinajstić information content (AvgIpc) is 3.14. The van der Waals surface area contributed by atoms with Gasteiger partial charge in [0.1, 0.15) is 0 Å². The zero-order chi connectivity index (χ0) is 15.7. The molecule has 0 radical (unpaired) electrons. The lowest BCUT2D eigenvalue weighted by atomic mass is 9.80. The smallest absolute Gasteiger partial charge is 0.324 e. The Bertz CT molecular complexity index is 477. The van der Waals surface area contributed by atoms with Gasteiger partial charge < -0.3 is 10.6 Å². The van der Waals surface area contributed by atoms with E-state index in [1.807, 2.05) is 0 Å². The maximum Gasteiger partial charge on any atom is 0.324 e. The van der Waals surface area contributed by atoms with Gasteiger partial charge in [-0.3, -0.25) is 19.4 Å². The van der Waals surface area contributed by atoms with E-state index in [1.165, 1.54) is 9.80 Å². The first-order valence-electron chi connectivity index (χ1n) is 7.76. The van der Waals surface area contributed by atoms with Crippen LogP contribution in [0.3, 0.4) is 0 Å². The molecule has 0 spiro atoms. The van der Waals surface area contributed by atoms with Crippen LogP contribution in [-0.2, 0) is 9.59 Å². The molecule has 0 aromatic carbocycles. The van der Waals surface area contributed by atoms with E-state index in [4.69, 9.17) is 0 Å². The Morgan fingerprint density at radius 2 is 1.32 bits per heavy atom. The molecule has 120 valence electrons. The molecule has 2 atom stereocenters. The van der Waals surface area contributed by atoms with Gasteiger partial charge in [-0.15, -0.1) is 0 Å². The van der Waals surface area contributed by atoms with Gasteiger partial charge >= 0.3 is 12.1 Å². The standard InChI is InChI=1S/C14H20N4O4/c19-11(17-6-4-15-13(17)21)9-2-1-3-10(8-9)12(20)18-7-5-16-14(18)22/h9-10H,1-8H2,(H,15,21)(H,16,22). The molecule has 8 nitrogen and oxygen atoms in total. The van der Waals surface area contributed by atoms with Crippen LogP contribution in [0.15, 0.2) is 0 Å². The van der Waals surface area contributed by atoms with Crippen LogP contribution in [-0.4, -0.2) is 59.9 Å². The van der Waals surface area contributed by atoms with E-state index >= 15 is 0 Å². The number of imide groups is 2. The lowest BCUT2D eigenvalue weighted by molar-refractivity contribution is -0.137. The average molecular weight is 308 g/mol. The number of amides is 6. The fraction of sp³-hybridized carbons (Fsp3) is 0.714. The zero-order valence-electron chi connectivity index (χ0n) is 12.3. The van der Waals surface area contributed by atoms with E-state index in [9.17, 15) is 19.2 Å². The highest BCUT2D eigenvalue weighted by molar-refractivity contribution is 5.99. The number of hydrogen-bond acceptors (Lipinski definition) is 4. The van der Waals surface area contributed by atoms with Gasteiger partial charge in [0.25, 0.3) is 0 Å². The molecule has 3 rings (SSSR count). The molecule has 0 aromatic heterocycles. The topological polar surface area (TPSA) is 98.8 Å². The number of hydrogen-bond donors (Lipinski definition) is 2. The predicted octanol–water partition coefficient (Wildman–Crippen LogP) is -0.104. The van der Waals surface area contributed by atoms with E-state index in [0.29, 0.717) is 45.4 Å². The number of rotatable bonds is 2. The second-order valence-electron chi connectivity index (χ2n) is 6.00. The van der Waals surface area contributed by atoms with Crippen molar-refractivity contribution in [1.29, 1.82) is 0 Å². The van der Waals surface area contributed by atoms with Crippen LogP contribution >= 0.6 is 0 Å². The Balaban J connectivity index is 1.64. The van der Waals surface area contributed by atoms with E-state index in [-0.39, 0.29) is 35.7 Å². The lowest BCUT2D eigenvalue weighted by Crippen LogP contribution is -2.44. The van der Waals surface area contributed by atoms with Gasteiger partial charge in [-0.1, -0.05) is 6.42 Å². The van der Waals surface area contributed by atoms with Gasteiger partial charge in [0.2, 0.25) is 11.8 Å². The van der Waals surface area contributed by atoms with Crippen molar-refractivity contribution in [1.82, 2.24) is 20.4 Å². The van der Waals surface area contributed by atoms with Crippen LogP contribution in [0.2, 0.25) is 0 Å². The number of urea groups is 2. The summed E-state index contributed by atoms with van der Waals surface area (Å²) in [4.78, 5) is 50.5. The Morgan fingerprint density at radius 1 is 0.864 bits per heavy atom. The summed E-state index contributed by atoms with van der Waals surface area (Å²) >= 11 is 0. The van der Waals surface area contributed by atoms with Gasteiger partial charge in [-0.05, 0) is 19.3 Å². The summed E-state index contributed by atoms with van der Waals surface area (Å²) in [5.74, 6) is -1.01. The normalized spacial score (nSPS) is 28.5. The minimum Gasteiger partial charge on any atom is -0.336 e. The number of nitrogens with one attached hydrogen (secondary N) is 2. The van der Waals surface area contributed by atoms with Gasteiger partial charge in [0, 0.05) is 38.0 Å². The molecule has 6 amide bonds. The molecule has 1 aliphatic carbocycles. The van der Waals surface area contributed by atoms with Crippen LogP contribution in [0.4, 0.5) is 9.59 Å². The van der Waals surface area contributed by atoms with Crippen molar-refractivity contribution in [2.24, 2.45) is 11.8 Å². The third-order valence-electron chi connectivity index (χ3n) is 4.62. The summed E-state index contributed by atoms with van der Waals surface area (Å²) in [6.45, 7) is 1.74. The molecule has 2 aliphatic heterocycles. The third-order valence-corrected chi connectivity index (χ3v) is 4.62. The molecule has 0 aromatic rings. The Labute approximate surface area is 128 Å². The molecular weight excluding hydrogens is 288 g/mol. The molecule has 3 aliphatic rings. The van der Waals surface area contributed by atoms with E-state index in [0.717, 1.165) is 6.42 Å². The highest BCUT2D eigenvalue weighted by atomic mass is 16.2. The van der Waals surface area contributed by atoms with Crippen LogP contribution in [0.5, 0.6) is 0 Å². The third kappa shape index (κ3) is 2.65. The van der Waals surface area contributed by atoms with Gasteiger partial charge in [-0.2, -0.15) is 0 Å². The zero-order valence-corrected chi connectivity index (χ0v) is 12.3. The molecule has 8 heteroatoms. The predicted molar refractivity (Wildman–Crippen MR) is 75.7 cm³/mol. The second-order valence-corrected chi connectivity index (χ2v) is 6.00. The lowest BCUT2D eigenvalue weighted by Gasteiger charge is -2.30. The van der Waals surface area contributed by atoms with Gasteiger partial charge in [0.05, 0.1) is 0 Å². The number of carbonyl (C=O) groups excluding carboxylic acids is 4. The fourth-order valence-corrected chi connectivity index (χ4v) is 3.44. The quantitative estimate of drug-likeness (QED) is 0.744. The number of nitrogens with zero attached hydrogens (tertiary/aromatic N) is 2. The summed E-state index contributed by atoms with van der Waals surface area (Å²) < 4.78 is 0. The fourth-order valence-electron chi connectivity index (χ4n) is 3.44. The molecule has 2 heterocycles. The van der Waals surface area contributed by atoms with Crippen molar-refractivity contribution in [3.8, 4) is 0 Å². The molecular formula is C14H20N4O4.